The number of benzene rings is 8. The Balaban J connectivity index is 1.01. The Morgan fingerprint density at radius 3 is 2.00 bits per heavy atom. The summed E-state index contributed by atoms with van der Waals surface area (Å²) < 4.78 is 11.0. The van der Waals surface area contributed by atoms with Crippen LogP contribution in [0.2, 0.25) is 0 Å². The maximum Gasteiger partial charge on any atom is 0.157 e. The summed E-state index contributed by atoms with van der Waals surface area (Å²) in [5.41, 5.74) is 18.6. The van der Waals surface area contributed by atoms with Gasteiger partial charge >= 0.3 is 0 Å². The fourth-order valence-corrected chi connectivity index (χ4v) is 8.33. The molecule has 2 N–H and O–H groups in total. The van der Waals surface area contributed by atoms with E-state index in [1.54, 1.807) is 0 Å². The molecule has 0 radical (unpaired) electrons. The van der Waals surface area contributed by atoms with E-state index in [0.717, 1.165) is 94.2 Å². The zero-order chi connectivity index (χ0) is 39.3. The normalized spacial score (nSPS) is 12.4. The molecule has 7 heteroatoms. The molecule has 0 aliphatic heterocycles. The number of aliphatic imine (C=N–C) groups is 2. The highest BCUT2D eigenvalue weighted by atomic mass is 16.3. The van der Waals surface area contributed by atoms with Gasteiger partial charge in [-0.2, -0.15) is 0 Å². The van der Waals surface area contributed by atoms with Crippen LogP contribution >= 0.6 is 0 Å². The SMILES string of the molecule is N/C(=N\C(=N/Cc1cccc2oc3ccc(-c4nc5ccccc5n4-c4ccccc4)cc3c12)c1ccccc1)c1ccc2c(c1)c1ccccc1n2-c1ccccc1. The summed E-state index contributed by atoms with van der Waals surface area (Å²) in [6.07, 6.45) is 0. The molecular formula is C52H36N6O. The van der Waals surface area contributed by atoms with Crippen molar-refractivity contribution in [1.82, 2.24) is 14.1 Å². The van der Waals surface area contributed by atoms with E-state index in [1.807, 2.05) is 72.8 Å². The van der Waals surface area contributed by atoms with Gasteiger partial charge in [-0.25, -0.2) is 9.98 Å². The number of nitrogens with two attached hydrogens (primary N) is 1. The lowest BCUT2D eigenvalue weighted by atomic mass is 10.0. The number of rotatable bonds is 7. The lowest BCUT2D eigenvalue weighted by Gasteiger charge is -2.10. The van der Waals surface area contributed by atoms with Crippen molar-refractivity contribution >= 4 is 66.4 Å². The number of para-hydroxylation sites is 5. The van der Waals surface area contributed by atoms with E-state index in [2.05, 4.69) is 130 Å². The van der Waals surface area contributed by atoms with Crippen LogP contribution in [0.4, 0.5) is 0 Å². The van der Waals surface area contributed by atoms with E-state index in [4.69, 9.17) is 25.1 Å². The Bertz CT molecular complexity index is 3410. The predicted molar refractivity (Wildman–Crippen MR) is 242 cm³/mol. The summed E-state index contributed by atoms with van der Waals surface area (Å²) in [7, 11) is 0. The second-order valence-corrected chi connectivity index (χ2v) is 14.6. The third kappa shape index (κ3) is 5.95. The molecule has 59 heavy (non-hydrogen) atoms. The molecule has 11 aromatic rings. The van der Waals surface area contributed by atoms with Gasteiger partial charge in [0.15, 0.2) is 5.84 Å². The lowest BCUT2D eigenvalue weighted by Crippen LogP contribution is -2.16. The van der Waals surface area contributed by atoms with Crippen molar-refractivity contribution in [3.05, 3.63) is 211 Å². The van der Waals surface area contributed by atoms with Crippen LogP contribution in [-0.2, 0) is 6.54 Å². The van der Waals surface area contributed by atoms with Gasteiger partial charge in [-0.15, -0.1) is 0 Å². The third-order valence-electron chi connectivity index (χ3n) is 11.1. The van der Waals surface area contributed by atoms with Crippen molar-refractivity contribution < 1.29 is 4.42 Å². The average Bonchev–Trinajstić information content (AvgIpc) is 3.98. The fraction of sp³-hybridized carbons (Fsp3) is 0.0192. The predicted octanol–water partition coefficient (Wildman–Crippen LogP) is 12.0. The molecule has 0 fully saturated rings. The lowest BCUT2D eigenvalue weighted by molar-refractivity contribution is 0.668. The third-order valence-corrected chi connectivity index (χ3v) is 11.1. The number of aromatic nitrogens is 3. The Kier molecular flexibility index (Phi) is 8.22. The first-order chi connectivity index (χ1) is 29.2. The van der Waals surface area contributed by atoms with Gasteiger partial charge in [0.25, 0.3) is 0 Å². The van der Waals surface area contributed by atoms with Crippen molar-refractivity contribution in [3.63, 3.8) is 0 Å². The Hall–Kier alpha value is -8.03. The quantitative estimate of drug-likeness (QED) is 0.130. The molecule has 0 unspecified atom stereocenters. The van der Waals surface area contributed by atoms with Gasteiger partial charge in [-0.05, 0) is 90.5 Å². The van der Waals surface area contributed by atoms with Gasteiger partial charge in [0, 0.05) is 49.6 Å². The zero-order valence-electron chi connectivity index (χ0n) is 31.9. The molecule has 8 aromatic carbocycles. The molecule has 280 valence electrons. The molecule has 11 rings (SSSR count). The van der Waals surface area contributed by atoms with E-state index >= 15 is 0 Å². The Morgan fingerprint density at radius 2 is 1.20 bits per heavy atom. The van der Waals surface area contributed by atoms with Crippen LogP contribution in [0.3, 0.4) is 0 Å². The Labute approximate surface area is 339 Å². The van der Waals surface area contributed by atoms with Crippen molar-refractivity contribution in [2.75, 3.05) is 0 Å². The molecule has 0 saturated carbocycles. The largest absolute Gasteiger partial charge is 0.456 e. The number of fused-ring (bicyclic) bond motifs is 7. The number of imidazole rings is 1. The molecule has 0 atom stereocenters. The molecule has 7 nitrogen and oxygen atoms in total. The summed E-state index contributed by atoms with van der Waals surface area (Å²) in [6, 6.07) is 66.3. The molecule has 0 saturated heterocycles. The minimum absolute atomic E-state index is 0.364. The monoisotopic (exact) mass is 760 g/mol. The van der Waals surface area contributed by atoms with Crippen LogP contribution in [0, 0.1) is 0 Å². The Morgan fingerprint density at radius 1 is 0.525 bits per heavy atom. The molecule has 0 bridgehead atoms. The van der Waals surface area contributed by atoms with E-state index in [0.29, 0.717) is 18.2 Å². The summed E-state index contributed by atoms with van der Waals surface area (Å²) in [6.45, 7) is 0.364. The second-order valence-electron chi connectivity index (χ2n) is 14.6. The first kappa shape index (κ1) is 34.2. The standard InChI is InChI=1S/C52H36N6O/c53-50(35-27-29-45-41(31-35)40-22-10-12-24-44(40)57(45)38-18-6-2-7-19-38)56-51(34-15-4-1-5-16-34)54-33-37-17-14-26-48-49(37)42-32-36(28-30-47(42)59-48)52-55-43-23-11-13-25-46(43)58(52)39-20-8-3-9-21-39/h1-32H,33H2,(H2,53,54,56). The van der Waals surface area contributed by atoms with E-state index < -0.39 is 0 Å². The zero-order valence-corrected chi connectivity index (χ0v) is 31.9. The molecule has 0 spiro atoms. The molecule has 3 heterocycles. The van der Waals surface area contributed by atoms with Gasteiger partial charge in [0.2, 0.25) is 0 Å². The smallest absolute Gasteiger partial charge is 0.157 e. The molecule has 0 amide bonds. The highest BCUT2D eigenvalue weighted by Crippen LogP contribution is 2.37. The summed E-state index contributed by atoms with van der Waals surface area (Å²) in [4.78, 5) is 15.3. The van der Waals surface area contributed by atoms with Gasteiger partial charge < -0.3 is 14.7 Å². The average molecular weight is 761 g/mol. The van der Waals surface area contributed by atoms with E-state index in [9.17, 15) is 0 Å². The van der Waals surface area contributed by atoms with E-state index in [-0.39, 0.29) is 0 Å². The van der Waals surface area contributed by atoms with Crippen LogP contribution in [0.1, 0.15) is 16.7 Å². The van der Waals surface area contributed by atoms with Gasteiger partial charge in [0.1, 0.15) is 22.8 Å². The van der Waals surface area contributed by atoms with Gasteiger partial charge in [0.05, 0.1) is 28.6 Å². The minimum Gasteiger partial charge on any atom is -0.456 e. The van der Waals surface area contributed by atoms with Crippen LogP contribution in [0.15, 0.2) is 209 Å². The van der Waals surface area contributed by atoms with E-state index in [1.165, 1.54) is 0 Å². The van der Waals surface area contributed by atoms with Crippen molar-refractivity contribution in [2.45, 2.75) is 6.54 Å². The maximum absolute atomic E-state index is 6.90. The van der Waals surface area contributed by atoms with Crippen LogP contribution in [-0.4, -0.2) is 25.8 Å². The number of hydrogen-bond donors (Lipinski definition) is 1. The number of furan rings is 1. The number of nitrogens with zero attached hydrogens (tertiary/aromatic N) is 5. The second kappa shape index (κ2) is 14.2. The highest BCUT2D eigenvalue weighted by molar-refractivity contribution is 6.15. The molecular weight excluding hydrogens is 725 g/mol. The maximum atomic E-state index is 6.90. The van der Waals surface area contributed by atoms with Crippen molar-refractivity contribution in [2.24, 2.45) is 15.7 Å². The van der Waals surface area contributed by atoms with Crippen LogP contribution in [0.5, 0.6) is 0 Å². The van der Waals surface area contributed by atoms with Gasteiger partial charge in [-0.1, -0.05) is 109 Å². The first-order valence-corrected chi connectivity index (χ1v) is 19.7. The minimum atomic E-state index is 0.364. The topological polar surface area (TPSA) is 86.6 Å². The molecule has 0 aliphatic carbocycles. The van der Waals surface area contributed by atoms with Crippen molar-refractivity contribution in [3.8, 4) is 22.8 Å². The molecule has 3 aromatic heterocycles. The fourth-order valence-electron chi connectivity index (χ4n) is 8.33. The first-order valence-electron chi connectivity index (χ1n) is 19.7. The summed E-state index contributed by atoms with van der Waals surface area (Å²) in [5.74, 6) is 1.81. The van der Waals surface area contributed by atoms with Crippen LogP contribution in [0.25, 0.3) is 77.5 Å². The van der Waals surface area contributed by atoms with Gasteiger partial charge in [-0.3, -0.25) is 9.56 Å². The van der Waals surface area contributed by atoms with Crippen LogP contribution < -0.4 is 5.73 Å². The number of hydrogen-bond acceptors (Lipinski definition) is 3. The highest BCUT2D eigenvalue weighted by Gasteiger charge is 2.18. The summed E-state index contributed by atoms with van der Waals surface area (Å²) in [5, 5.41) is 4.27. The summed E-state index contributed by atoms with van der Waals surface area (Å²) >= 11 is 0. The molecule has 0 aliphatic rings. The van der Waals surface area contributed by atoms with Crippen molar-refractivity contribution in [1.29, 1.82) is 0 Å². The number of amidine groups is 2.